The van der Waals surface area contributed by atoms with Crippen LogP contribution in [0.3, 0.4) is 0 Å². The second-order valence-corrected chi connectivity index (χ2v) is 9.42. The Morgan fingerprint density at radius 3 is 2.74 bits per heavy atom. The largest absolute Gasteiger partial charge is 0.447 e. The molecule has 38 heavy (non-hydrogen) atoms. The van der Waals surface area contributed by atoms with E-state index in [2.05, 4.69) is 26.3 Å². The Kier molecular flexibility index (Phi) is 9.85. The molecule has 0 aliphatic carbocycles. The molecule has 11 heteroatoms. The Morgan fingerprint density at radius 1 is 1.13 bits per heavy atom. The number of benzene rings is 2. The van der Waals surface area contributed by atoms with E-state index < -0.39 is 12.1 Å². The van der Waals surface area contributed by atoms with E-state index in [-0.39, 0.29) is 25.0 Å². The molecule has 1 atom stereocenters. The zero-order valence-corrected chi connectivity index (χ0v) is 21.7. The Hall–Kier alpha value is -3.73. The predicted molar refractivity (Wildman–Crippen MR) is 146 cm³/mol. The fourth-order valence-corrected chi connectivity index (χ4v) is 4.32. The average Bonchev–Trinajstić information content (AvgIpc) is 2.91. The Morgan fingerprint density at radius 2 is 1.92 bits per heavy atom. The molecule has 0 spiro atoms. The fraction of sp³-hybridized carbons (Fsp3) is 0.333. The lowest BCUT2D eigenvalue weighted by Gasteiger charge is -2.28. The van der Waals surface area contributed by atoms with E-state index in [9.17, 15) is 14.4 Å². The molecule has 2 aromatic carbocycles. The van der Waals surface area contributed by atoms with Gasteiger partial charge in [-0.1, -0.05) is 54.1 Å². The number of halogens is 1. The molecule has 0 unspecified atom stereocenters. The normalized spacial score (nSPS) is 14.5. The van der Waals surface area contributed by atoms with Crippen molar-refractivity contribution in [2.45, 2.75) is 19.0 Å². The first-order valence-electron chi connectivity index (χ1n) is 12.5. The first-order valence-corrected chi connectivity index (χ1v) is 12.8. The van der Waals surface area contributed by atoms with E-state index in [0.29, 0.717) is 43.4 Å². The van der Waals surface area contributed by atoms with Crippen molar-refractivity contribution in [3.05, 3.63) is 71.4 Å². The Bertz CT molecular complexity index is 1270. The van der Waals surface area contributed by atoms with Gasteiger partial charge in [-0.2, -0.15) is 0 Å². The van der Waals surface area contributed by atoms with Crippen molar-refractivity contribution in [1.82, 2.24) is 25.8 Å². The molecule has 1 saturated heterocycles. The molecular formula is C27H31ClN6O4. The third kappa shape index (κ3) is 8.41. The first-order chi connectivity index (χ1) is 18.5. The van der Waals surface area contributed by atoms with Crippen LogP contribution in [0, 0.1) is 0 Å². The van der Waals surface area contributed by atoms with Gasteiger partial charge in [0.2, 0.25) is 11.8 Å². The Balaban J connectivity index is 1.29. The molecule has 10 nitrogen and oxygen atoms in total. The van der Waals surface area contributed by atoms with Crippen molar-refractivity contribution < 1.29 is 19.1 Å². The van der Waals surface area contributed by atoms with Crippen LogP contribution in [-0.4, -0.2) is 73.2 Å². The molecule has 1 aliphatic heterocycles. The number of hydrogen-bond donors (Lipinski definition) is 4. The Labute approximate surface area is 226 Å². The van der Waals surface area contributed by atoms with Crippen LogP contribution in [0.2, 0.25) is 5.02 Å². The van der Waals surface area contributed by atoms with Crippen LogP contribution in [0.1, 0.15) is 12.0 Å². The number of hydrogen-bond acceptors (Lipinski definition) is 7. The van der Waals surface area contributed by atoms with Gasteiger partial charge >= 0.3 is 6.09 Å². The highest BCUT2D eigenvalue weighted by Crippen LogP contribution is 2.16. The molecule has 3 amide bonds. The molecule has 1 fully saturated rings. The van der Waals surface area contributed by atoms with Crippen LogP contribution >= 0.6 is 11.6 Å². The molecule has 1 aromatic heterocycles. The van der Waals surface area contributed by atoms with Crippen molar-refractivity contribution >= 4 is 46.1 Å². The molecule has 4 rings (SSSR count). The second-order valence-electron chi connectivity index (χ2n) is 9.01. The maximum absolute atomic E-state index is 12.6. The number of nitrogens with zero attached hydrogens (tertiary/aromatic N) is 2. The summed E-state index contributed by atoms with van der Waals surface area (Å²) in [6, 6.07) is 16.4. The molecule has 200 valence electrons. The fourth-order valence-electron chi connectivity index (χ4n) is 4.12. The van der Waals surface area contributed by atoms with Crippen molar-refractivity contribution in [3.63, 3.8) is 0 Å². The minimum Gasteiger partial charge on any atom is -0.447 e. The van der Waals surface area contributed by atoms with Gasteiger partial charge in [0.05, 0.1) is 19.1 Å². The number of pyridine rings is 1. The summed E-state index contributed by atoms with van der Waals surface area (Å²) in [6.45, 7) is 2.66. The van der Waals surface area contributed by atoms with Gasteiger partial charge in [0, 0.05) is 42.8 Å². The van der Waals surface area contributed by atoms with Crippen LogP contribution in [0.15, 0.2) is 60.8 Å². The van der Waals surface area contributed by atoms with Crippen molar-refractivity contribution in [2.24, 2.45) is 0 Å². The van der Waals surface area contributed by atoms with E-state index in [1.807, 2.05) is 47.4 Å². The topological polar surface area (TPSA) is 125 Å². The molecule has 0 saturated carbocycles. The SMILES string of the molecule is O=C1CN(CC[C@@H](COC(=O)Nc2cc3ccccc3cn2)NC(=O)CNCc2ccccc2Cl)CCN1. The van der Waals surface area contributed by atoms with E-state index in [1.165, 1.54) is 0 Å². The number of rotatable bonds is 11. The van der Waals surface area contributed by atoms with Gasteiger partial charge in [-0.25, -0.2) is 9.78 Å². The third-order valence-electron chi connectivity index (χ3n) is 6.11. The van der Waals surface area contributed by atoms with Gasteiger partial charge in [0.25, 0.3) is 0 Å². The lowest BCUT2D eigenvalue weighted by atomic mass is 10.2. The zero-order valence-electron chi connectivity index (χ0n) is 20.9. The number of aromatic nitrogens is 1. The van der Waals surface area contributed by atoms with Crippen molar-refractivity contribution in [2.75, 3.05) is 44.6 Å². The molecule has 1 aliphatic rings. The van der Waals surface area contributed by atoms with Gasteiger partial charge < -0.3 is 20.7 Å². The highest BCUT2D eigenvalue weighted by Gasteiger charge is 2.20. The zero-order chi connectivity index (χ0) is 26.7. The molecule has 0 bridgehead atoms. The van der Waals surface area contributed by atoms with Crippen LogP contribution in [0.25, 0.3) is 10.8 Å². The van der Waals surface area contributed by atoms with Gasteiger partial charge in [-0.3, -0.25) is 19.8 Å². The monoisotopic (exact) mass is 538 g/mol. The van der Waals surface area contributed by atoms with E-state index in [1.54, 1.807) is 18.3 Å². The van der Waals surface area contributed by atoms with Crippen molar-refractivity contribution in [3.8, 4) is 0 Å². The minimum atomic E-state index is -0.666. The molecule has 3 aromatic rings. The summed E-state index contributed by atoms with van der Waals surface area (Å²) in [5.41, 5.74) is 0.893. The van der Waals surface area contributed by atoms with Crippen LogP contribution in [0.4, 0.5) is 10.6 Å². The third-order valence-corrected chi connectivity index (χ3v) is 6.48. The highest BCUT2D eigenvalue weighted by molar-refractivity contribution is 6.31. The summed E-state index contributed by atoms with van der Waals surface area (Å²) in [4.78, 5) is 43.1. The van der Waals surface area contributed by atoms with Gasteiger partial charge in [0.1, 0.15) is 12.4 Å². The smallest absolute Gasteiger partial charge is 0.412 e. The molecule has 2 heterocycles. The van der Waals surface area contributed by atoms with Gasteiger partial charge in [-0.15, -0.1) is 0 Å². The second kappa shape index (κ2) is 13.7. The van der Waals surface area contributed by atoms with Crippen LogP contribution < -0.4 is 21.3 Å². The number of piperazine rings is 1. The number of amides is 3. The van der Waals surface area contributed by atoms with E-state index in [4.69, 9.17) is 16.3 Å². The maximum atomic E-state index is 12.6. The standard InChI is InChI=1S/C27H31ClN6O4/c28-23-8-4-3-7-21(23)14-29-16-25(35)32-22(9-11-34-12-10-30-26(36)17-34)18-38-27(37)33-24-13-19-5-1-2-6-20(19)15-31-24/h1-8,13,15,22,29H,9-12,14,16-18H2,(H,30,36)(H,32,35)(H,31,33,37)/t22-/m0/s1. The number of carbonyl (C=O) groups excluding carboxylic acids is 3. The average molecular weight is 539 g/mol. The summed E-state index contributed by atoms with van der Waals surface area (Å²) in [5.74, 6) is 0.107. The van der Waals surface area contributed by atoms with Crippen molar-refractivity contribution in [1.29, 1.82) is 0 Å². The minimum absolute atomic E-state index is 0.0286. The number of carbonyl (C=O) groups is 3. The van der Waals surface area contributed by atoms with E-state index in [0.717, 1.165) is 22.9 Å². The maximum Gasteiger partial charge on any atom is 0.412 e. The number of anilines is 1. The van der Waals surface area contributed by atoms with Crippen LogP contribution in [0.5, 0.6) is 0 Å². The number of ether oxygens (including phenoxy) is 1. The first kappa shape index (κ1) is 27.3. The lowest BCUT2D eigenvalue weighted by molar-refractivity contribution is -0.124. The summed E-state index contributed by atoms with van der Waals surface area (Å²) >= 11 is 6.17. The van der Waals surface area contributed by atoms with Gasteiger partial charge in [-0.05, 0) is 29.5 Å². The molecular weight excluding hydrogens is 508 g/mol. The lowest BCUT2D eigenvalue weighted by Crippen LogP contribution is -2.50. The predicted octanol–water partition coefficient (Wildman–Crippen LogP) is 2.53. The highest BCUT2D eigenvalue weighted by atomic mass is 35.5. The number of fused-ring (bicyclic) bond motifs is 1. The summed E-state index contributed by atoms with van der Waals surface area (Å²) in [5, 5.41) is 14.0. The quantitative estimate of drug-likeness (QED) is 0.296. The number of nitrogens with one attached hydrogen (secondary N) is 4. The van der Waals surface area contributed by atoms with Crippen LogP contribution in [-0.2, 0) is 20.9 Å². The summed E-state index contributed by atoms with van der Waals surface area (Å²) < 4.78 is 5.43. The summed E-state index contributed by atoms with van der Waals surface area (Å²) in [6.07, 6.45) is 1.52. The summed E-state index contributed by atoms with van der Waals surface area (Å²) in [7, 11) is 0. The van der Waals surface area contributed by atoms with E-state index >= 15 is 0 Å². The molecule has 0 radical (unpaired) electrons. The molecule has 4 N–H and O–H groups in total. The van der Waals surface area contributed by atoms with Gasteiger partial charge in [0.15, 0.2) is 0 Å².